The van der Waals surface area contributed by atoms with Crippen molar-refractivity contribution in [3.8, 4) is 0 Å². The minimum absolute atomic E-state index is 0.171. The molecule has 0 bridgehead atoms. The molecule has 2 aromatic carbocycles. The van der Waals surface area contributed by atoms with Gasteiger partial charge in [-0.05, 0) is 61.7 Å². The molecule has 0 aromatic heterocycles. The van der Waals surface area contributed by atoms with Crippen molar-refractivity contribution in [3.63, 3.8) is 0 Å². The average Bonchev–Trinajstić information content (AvgIpc) is 2.42. The molecule has 1 amide bonds. The molecular formula is C14H9Br3ClNO. The van der Waals surface area contributed by atoms with Crippen LogP contribution in [-0.2, 0) is 5.88 Å². The molecule has 104 valence electrons. The number of alkyl halides is 1. The molecule has 0 heterocycles. The second-order valence-electron chi connectivity index (χ2n) is 4.03. The standard InChI is InChI=1S/C14H9Br3ClNO/c15-10-5-11(16)13(12(17)6-10)19-14(20)9-3-1-8(7-18)2-4-9/h1-6H,7H2,(H,19,20). The number of halogens is 4. The van der Waals surface area contributed by atoms with Gasteiger partial charge in [-0.3, -0.25) is 4.79 Å². The topological polar surface area (TPSA) is 29.1 Å². The molecule has 2 rings (SSSR count). The first-order valence-electron chi connectivity index (χ1n) is 5.62. The maximum atomic E-state index is 12.2. The second kappa shape index (κ2) is 7.07. The minimum atomic E-state index is -0.171. The van der Waals surface area contributed by atoms with Gasteiger partial charge in [0.2, 0.25) is 0 Å². The smallest absolute Gasteiger partial charge is 0.255 e. The maximum Gasteiger partial charge on any atom is 0.255 e. The number of hydrogen-bond acceptors (Lipinski definition) is 1. The van der Waals surface area contributed by atoms with Crippen molar-refractivity contribution < 1.29 is 4.79 Å². The molecule has 0 aliphatic carbocycles. The first-order chi connectivity index (χ1) is 9.51. The predicted octanol–water partition coefficient (Wildman–Crippen LogP) is 5.97. The maximum absolute atomic E-state index is 12.2. The van der Waals surface area contributed by atoms with E-state index in [1.807, 2.05) is 24.3 Å². The van der Waals surface area contributed by atoms with Gasteiger partial charge in [-0.1, -0.05) is 28.1 Å². The number of hydrogen-bond donors (Lipinski definition) is 1. The van der Waals surface area contributed by atoms with Gasteiger partial charge in [0, 0.05) is 24.9 Å². The monoisotopic (exact) mass is 479 g/mol. The summed E-state index contributed by atoms with van der Waals surface area (Å²) in [7, 11) is 0. The molecule has 1 N–H and O–H groups in total. The van der Waals surface area contributed by atoms with E-state index in [4.69, 9.17) is 11.6 Å². The van der Waals surface area contributed by atoms with E-state index in [1.54, 1.807) is 12.1 Å². The highest BCUT2D eigenvalue weighted by atomic mass is 79.9. The van der Waals surface area contributed by atoms with Crippen molar-refractivity contribution in [2.45, 2.75) is 5.88 Å². The van der Waals surface area contributed by atoms with Crippen LogP contribution in [0.4, 0.5) is 5.69 Å². The minimum Gasteiger partial charge on any atom is -0.320 e. The molecule has 0 fully saturated rings. The van der Waals surface area contributed by atoms with Gasteiger partial charge < -0.3 is 5.32 Å². The molecule has 0 spiro atoms. The van der Waals surface area contributed by atoms with Crippen molar-refractivity contribution in [2.75, 3.05) is 5.32 Å². The quantitative estimate of drug-likeness (QED) is 0.537. The Bertz CT molecular complexity index is 620. The van der Waals surface area contributed by atoms with Crippen LogP contribution in [0.5, 0.6) is 0 Å². The summed E-state index contributed by atoms with van der Waals surface area (Å²) >= 11 is 16.0. The summed E-state index contributed by atoms with van der Waals surface area (Å²) in [6, 6.07) is 10.9. The molecule has 0 unspecified atom stereocenters. The fourth-order valence-electron chi connectivity index (χ4n) is 1.59. The SMILES string of the molecule is O=C(Nc1c(Br)cc(Br)cc1Br)c1ccc(CCl)cc1. The van der Waals surface area contributed by atoms with Crippen LogP contribution in [0.25, 0.3) is 0 Å². The van der Waals surface area contributed by atoms with Gasteiger partial charge in [0.1, 0.15) is 0 Å². The molecule has 20 heavy (non-hydrogen) atoms. The van der Waals surface area contributed by atoms with Crippen LogP contribution in [0, 0.1) is 0 Å². The summed E-state index contributed by atoms with van der Waals surface area (Å²) in [4.78, 5) is 12.2. The number of benzene rings is 2. The predicted molar refractivity (Wildman–Crippen MR) is 93.5 cm³/mol. The first-order valence-corrected chi connectivity index (χ1v) is 8.53. The van der Waals surface area contributed by atoms with Gasteiger partial charge >= 0.3 is 0 Å². The zero-order chi connectivity index (χ0) is 14.7. The number of amides is 1. The lowest BCUT2D eigenvalue weighted by atomic mass is 10.1. The van der Waals surface area contributed by atoms with Crippen LogP contribution in [-0.4, -0.2) is 5.91 Å². The summed E-state index contributed by atoms with van der Waals surface area (Å²) in [5.74, 6) is 0.265. The van der Waals surface area contributed by atoms with E-state index in [9.17, 15) is 4.79 Å². The average molecular weight is 482 g/mol. The van der Waals surface area contributed by atoms with Crippen molar-refractivity contribution in [3.05, 3.63) is 60.9 Å². The third kappa shape index (κ3) is 3.85. The van der Waals surface area contributed by atoms with Gasteiger partial charge in [-0.15, -0.1) is 11.6 Å². The lowest BCUT2D eigenvalue weighted by Gasteiger charge is -2.10. The molecule has 0 aliphatic rings. The van der Waals surface area contributed by atoms with Crippen molar-refractivity contribution in [1.82, 2.24) is 0 Å². The van der Waals surface area contributed by atoms with Crippen molar-refractivity contribution >= 4 is 71.0 Å². The molecule has 6 heteroatoms. The van der Waals surface area contributed by atoms with E-state index in [0.717, 1.165) is 19.0 Å². The van der Waals surface area contributed by atoms with Crippen molar-refractivity contribution in [2.24, 2.45) is 0 Å². The summed E-state index contributed by atoms with van der Waals surface area (Å²) in [5, 5.41) is 2.87. The molecule has 0 saturated heterocycles. The number of carbonyl (C=O) groups excluding carboxylic acids is 1. The fourth-order valence-corrected chi connectivity index (χ4v) is 4.23. The summed E-state index contributed by atoms with van der Waals surface area (Å²) < 4.78 is 2.51. The third-order valence-electron chi connectivity index (χ3n) is 2.62. The van der Waals surface area contributed by atoms with Crippen LogP contribution in [0.3, 0.4) is 0 Å². The van der Waals surface area contributed by atoms with Crippen molar-refractivity contribution in [1.29, 1.82) is 0 Å². The summed E-state index contributed by atoms with van der Waals surface area (Å²) in [6.07, 6.45) is 0. The van der Waals surface area contributed by atoms with Crippen LogP contribution in [0.2, 0.25) is 0 Å². The number of anilines is 1. The molecule has 2 nitrogen and oxygen atoms in total. The normalized spacial score (nSPS) is 10.4. The Hall–Kier alpha value is -0.360. The Morgan fingerprint density at radius 2 is 1.60 bits per heavy atom. The van der Waals surface area contributed by atoms with Crippen LogP contribution in [0.1, 0.15) is 15.9 Å². The molecular weight excluding hydrogens is 473 g/mol. The third-order valence-corrected chi connectivity index (χ3v) is 4.63. The van der Waals surface area contributed by atoms with Crippen LogP contribution < -0.4 is 5.32 Å². The van der Waals surface area contributed by atoms with E-state index >= 15 is 0 Å². The Morgan fingerprint density at radius 3 is 2.10 bits per heavy atom. The second-order valence-corrected chi connectivity index (χ2v) is 6.92. The Labute approximate surface area is 147 Å². The molecule has 0 aliphatic heterocycles. The van der Waals surface area contributed by atoms with Gasteiger partial charge in [-0.2, -0.15) is 0 Å². The lowest BCUT2D eigenvalue weighted by molar-refractivity contribution is 0.102. The van der Waals surface area contributed by atoms with Gasteiger partial charge in [0.15, 0.2) is 0 Å². The van der Waals surface area contributed by atoms with Crippen LogP contribution >= 0.6 is 59.4 Å². The van der Waals surface area contributed by atoms with Gasteiger partial charge in [0.05, 0.1) is 5.69 Å². The van der Waals surface area contributed by atoms with E-state index in [2.05, 4.69) is 53.1 Å². The zero-order valence-corrected chi connectivity index (χ0v) is 15.6. The lowest BCUT2D eigenvalue weighted by Crippen LogP contribution is -2.12. The number of nitrogens with one attached hydrogen (secondary N) is 1. The largest absolute Gasteiger partial charge is 0.320 e. The van der Waals surface area contributed by atoms with Gasteiger partial charge in [0.25, 0.3) is 5.91 Å². The van der Waals surface area contributed by atoms with E-state index in [1.165, 1.54) is 0 Å². The summed E-state index contributed by atoms with van der Waals surface area (Å²) in [5.41, 5.74) is 2.26. The zero-order valence-electron chi connectivity index (χ0n) is 10.1. The molecule has 2 aromatic rings. The highest BCUT2D eigenvalue weighted by Crippen LogP contribution is 2.34. The molecule has 0 atom stereocenters. The summed E-state index contributed by atoms with van der Waals surface area (Å²) in [6.45, 7) is 0. The van der Waals surface area contributed by atoms with Gasteiger partial charge in [-0.25, -0.2) is 0 Å². The molecule has 0 radical (unpaired) electrons. The Balaban J connectivity index is 2.23. The Kier molecular flexibility index (Phi) is 5.66. The Morgan fingerprint density at radius 1 is 1.05 bits per heavy atom. The fraction of sp³-hybridized carbons (Fsp3) is 0.0714. The van der Waals surface area contributed by atoms with Crippen LogP contribution in [0.15, 0.2) is 49.8 Å². The van der Waals surface area contributed by atoms with E-state index < -0.39 is 0 Å². The van der Waals surface area contributed by atoms with E-state index in [0.29, 0.717) is 17.1 Å². The highest BCUT2D eigenvalue weighted by molar-refractivity contribution is 9.11. The first kappa shape index (κ1) is 16.0. The number of rotatable bonds is 3. The number of carbonyl (C=O) groups is 1. The molecule has 0 saturated carbocycles. The highest BCUT2D eigenvalue weighted by Gasteiger charge is 2.12. The van der Waals surface area contributed by atoms with E-state index in [-0.39, 0.29) is 5.91 Å².